The highest BCUT2D eigenvalue weighted by atomic mass is 31.2. The largest absolute Gasteiger partial charge is 0.524 e. The molecule has 0 fully saturated rings. The Balaban J connectivity index is 1.90. The maximum absolute atomic E-state index is 10.3. The average molecular weight is 498 g/mol. The highest BCUT2D eigenvalue weighted by Crippen LogP contribution is 2.35. The van der Waals surface area contributed by atoms with Gasteiger partial charge in [0.2, 0.25) is 0 Å². The van der Waals surface area contributed by atoms with Crippen LogP contribution >= 0.6 is 7.82 Å². The molecule has 0 aliphatic carbocycles. The molecule has 0 atom stereocenters. The molecule has 2 N–H and O–H groups in total. The number of benzene rings is 1. The topological polar surface area (TPSA) is 150 Å². The minimum absolute atomic E-state index is 0.0218. The van der Waals surface area contributed by atoms with Crippen LogP contribution in [0.3, 0.4) is 0 Å². The molecular formula is C19H31O13P. The molecule has 0 aromatic heterocycles. The van der Waals surface area contributed by atoms with Gasteiger partial charge in [0.25, 0.3) is 0 Å². The van der Waals surface area contributed by atoms with Gasteiger partial charge >= 0.3 is 7.82 Å². The fourth-order valence-corrected chi connectivity index (χ4v) is 2.70. The van der Waals surface area contributed by atoms with Crippen LogP contribution in [0.5, 0.6) is 5.75 Å². The minimum atomic E-state index is -4.66. The summed E-state index contributed by atoms with van der Waals surface area (Å²) in [6.45, 7) is 2.44. The van der Waals surface area contributed by atoms with Gasteiger partial charge in [-0.15, -0.1) is 0 Å². The second-order valence-electron chi connectivity index (χ2n) is 6.56. The summed E-state index contributed by atoms with van der Waals surface area (Å²) >= 11 is 0. The van der Waals surface area contributed by atoms with Crippen LogP contribution in [0.15, 0.2) is 36.8 Å². The van der Waals surface area contributed by atoms with Crippen molar-refractivity contribution < 1.29 is 63.6 Å². The smallest absolute Gasteiger partial charge is 0.491 e. The van der Waals surface area contributed by atoms with Gasteiger partial charge in [0.05, 0.1) is 0 Å². The summed E-state index contributed by atoms with van der Waals surface area (Å²) in [6, 6.07) is 7.89. The maximum Gasteiger partial charge on any atom is 0.524 e. The number of rotatable bonds is 22. The molecule has 13 nitrogen and oxygen atoms in total. The summed E-state index contributed by atoms with van der Waals surface area (Å²) in [5, 5.41) is 23.3. The van der Waals surface area contributed by atoms with Gasteiger partial charge in [-0.3, -0.25) is 9.79 Å². The van der Waals surface area contributed by atoms with Gasteiger partial charge in [-0.25, -0.2) is 9.45 Å². The van der Waals surface area contributed by atoms with Crippen molar-refractivity contribution in [1.82, 2.24) is 0 Å². The molecule has 1 rings (SSSR count). The molecular weight excluding hydrogens is 467 g/mol. The standard InChI is InChI=1S/C19H31O13P/c1-2-3-4-5-6-7-8-9-18-10-12-19(13-11-18)23-14-15-24-27-29-31-32-30-28-25-16-17-26-33(20,21)22/h10-13,16-17H,2-9,14-15H2,1H3,(H2,20,21,22). The van der Waals surface area contributed by atoms with Crippen molar-refractivity contribution in [2.24, 2.45) is 0 Å². The van der Waals surface area contributed by atoms with Gasteiger partial charge in [0.1, 0.15) is 25.2 Å². The van der Waals surface area contributed by atoms with E-state index in [1.54, 1.807) is 0 Å². The molecule has 0 radical (unpaired) electrons. The highest BCUT2D eigenvalue weighted by molar-refractivity contribution is 7.46. The lowest BCUT2D eigenvalue weighted by molar-refractivity contribution is -0.811. The first-order chi connectivity index (χ1) is 16.0. The Kier molecular flexibility index (Phi) is 17.4. The first-order valence-electron chi connectivity index (χ1n) is 10.4. The van der Waals surface area contributed by atoms with Crippen molar-refractivity contribution in [3.05, 3.63) is 42.4 Å². The third-order valence-corrected chi connectivity index (χ3v) is 4.36. The van der Waals surface area contributed by atoms with Crippen molar-refractivity contribution in [3.63, 3.8) is 0 Å². The minimum Gasteiger partial charge on any atom is -0.491 e. The van der Waals surface area contributed by atoms with Crippen LogP contribution in [0.4, 0.5) is 0 Å². The van der Waals surface area contributed by atoms with Gasteiger partial charge in [-0.1, -0.05) is 57.6 Å². The summed E-state index contributed by atoms with van der Waals surface area (Å²) in [7, 11) is -4.66. The van der Waals surface area contributed by atoms with E-state index in [1.165, 1.54) is 50.5 Å². The average Bonchev–Trinajstić information content (AvgIpc) is 2.79. The van der Waals surface area contributed by atoms with Gasteiger partial charge in [-0.05, 0) is 45.7 Å². The number of phosphoric acid groups is 1. The van der Waals surface area contributed by atoms with Gasteiger partial charge in [0, 0.05) is 15.1 Å². The Hall–Kier alpha value is -1.77. The fraction of sp³-hybridized carbons (Fsp3) is 0.579. The van der Waals surface area contributed by atoms with Gasteiger partial charge < -0.3 is 14.1 Å². The molecule has 0 aliphatic heterocycles. The fourth-order valence-electron chi connectivity index (χ4n) is 2.50. The van der Waals surface area contributed by atoms with E-state index in [1.807, 2.05) is 24.3 Å². The Morgan fingerprint density at radius 1 is 0.788 bits per heavy atom. The Morgan fingerprint density at radius 2 is 1.42 bits per heavy atom. The zero-order valence-electron chi connectivity index (χ0n) is 18.4. The normalized spacial score (nSPS) is 11.7. The molecule has 0 spiro atoms. The molecule has 0 amide bonds. The molecule has 1 aromatic rings. The Labute approximate surface area is 191 Å². The third kappa shape index (κ3) is 19.4. The van der Waals surface area contributed by atoms with E-state index in [4.69, 9.17) is 14.5 Å². The van der Waals surface area contributed by atoms with Crippen LogP contribution in [0.1, 0.15) is 57.4 Å². The maximum atomic E-state index is 10.3. The van der Waals surface area contributed by atoms with Gasteiger partial charge in [0.15, 0.2) is 6.26 Å². The zero-order chi connectivity index (χ0) is 24.0. The Morgan fingerprint density at radius 3 is 2.12 bits per heavy atom. The first-order valence-corrected chi connectivity index (χ1v) is 11.9. The molecule has 14 heteroatoms. The van der Waals surface area contributed by atoms with E-state index >= 15 is 0 Å². The van der Waals surface area contributed by atoms with E-state index in [9.17, 15) is 4.57 Å². The monoisotopic (exact) mass is 498 g/mol. The lowest BCUT2D eigenvalue weighted by Crippen LogP contribution is -2.08. The molecule has 0 saturated heterocycles. The number of phosphoric ester groups is 1. The summed E-state index contributed by atoms with van der Waals surface area (Å²) < 4.78 is 19.6. The summed E-state index contributed by atoms with van der Waals surface area (Å²) in [4.78, 5) is 25.3. The molecule has 190 valence electrons. The first kappa shape index (κ1) is 29.3. The highest BCUT2D eigenvalue weighted by Gasteiger charge is 2.11. The number of aryl methyl sites for hydroxylation is 1. The van der Waals surface area contributed by atoms with Crippen LogP contribution in [-0.2, 0) is 55.5 Å². The van der Waals surface area contributed by atoms with Gasteiger partial charge in [-0.2, -0.15) is 0 Å². The second-order valence-corrected chi connectivity index (χ2v) is 7.75. The predicted molar refractivity (Wildman–Crippen MR) is 109 cm³/mol. The molecule has 0 bridgehead atoms. The SMILES string of the molecule is CCCCCCCCCc1ccc(OCCOOOOOOOOC=COP(=O)(O)O)cc1. The van der Waals surface area contributed by atoms with E-state index < -0.39 is 7.82 Å². The summed E-state index contributed by atoms with van der Waals surface area (Å²) in [6.07, 6.45) is 11.2. The van der Waals surface area contributed by atoms with E-state index in [2.05, 4.69) is 51.5 Å². The van der Waals surface area contributed by atoms with Crippen molar-refractivity contribution in [3.8, 4) is 5.75 Å². The van der Waals surface area contributed by atoms with E-state index in [0.717, 1.165) is 6.42 Å². The second kappa shape index (κ2) is 19.7. The quantitative estimate of drug-likeness (QED) is 0.0761. The lowest BCUT2D eigenvalue weighted by Gasteiger charge is -2.07. The predicted octanol–water partition coefficient (Wildman–Crippen LogP) is 4.48. The van der Waals surface area contributed by atoms with Crippen LogP contribution < -0.4 is 4.74 Å². The molecule has 0 saturated carbocycles. The van der Waals surface area contributed by atoms with E-state index in [0.29, 0.717) is 18.3 Å². The van der Waals surface area contributed by atoms with Crippen molar-refractivity contribution in [1.29, 1.82) is 0 Å². The van der Waals surface area contributed by atoms with Crippen molar-refractivity contribution in [2.45, 2.75) is 58.3 Å². The van der Waals surface area contributed by atoms with Crippen LogP contribution in [0, 0.1) is 0 Å². The summed E-state index contributed by atoms with van der Waals surface area (Å²) in [5.41, 5.74) is 1.28. The number of unbranched alkanes of at least 4 members (excludes halogenated alkanes) is 6. The van der Waals surface area contributed by atoms with E-state index in [-0.39, 0.29) is 13.2 Å². The Bertz CT molecular complexity index is 650. The summed E-state index contributed by atoms with van der Waals surface area (Å²) in [5.74, 6) is 0.702. The molecule has 0 unspecified atom stereocenters. The number of hydrogen-bond acceptors (Lipinski definition) is 11. The zero-order valence-corrected chi connectivity index (χ0v) is 19.3. The molecule has 1 aromatic carbocycles. The lowest BCUT2D eigenvalue weighted by atomic mass is 10.0. The molecule has 0 aliphatic rings. The van der Waals surface area contributed by atoms with Crippen molar-refractivity contribution in [2.75, 3.05) is 13.2 Å². The number of hydrogen-bond donors (Lipinski definition) is 2. The third-order valence-electron chi connectivity index (χ3n) is 3.96. The van der Waals surface area contributed by atoms with Crippen molar-refractivity contribution >= 4 is 7.82 Å². The van der Waals surface area contributed by atoms with Crippen LogP contribution in [-0.4, -0.2) is 23.0 Å². The molecule has 0 heterocycles. The molecule has 33 heavy (non-hydrogen) atoms. The van der Waals surface area contributed by atoms with Crippen LogP contribution in [0.25, 0.3) is 0 Å². The number of ether oxygens (including phenoxy) is 1. The van der Waals surface area contributed by atoms with Crippen LogP contribution in [0.2, 0.25) is 0 Å².